The molecule has 8 nitrogen and oxygen atoms in total. The summed E-state index contributed by atoms with van der Waals surface area (Å²) >= 11 is 0. The van der Waals surface area contributed by atoms with Crippen molar-refractivity contribution in [3.63, 3.8) is 0 Å². The number of nitrogens with zero attached hydrogens (tertiary/aromatic N) is 2. The van der Waals surface area contributed by atoms with Crippen LogP contribution in [0.15, 0.2) is 53.3 Å². The van der Waals surface area contributed by atoms with Crippen molar-refractivity contribution in [2.75, 3.05) is 5.43 Å². The maximum absolute atomic E-state index is 12.6. The third-order valence-corrected chi connectivity index (χ3v) is 4.17. The molecule has 0 aliphatic heterocycles. The van der Waals surface area contributed by atoms with E-state index in [0.717, 1.165) is 12.1 Å². The summed E-state index contributed by atoms with van der Waals surface area (Å²) in [4.78, 5) is 36.3. The van der Waals surface area contributed by atoms with Crippen LogP contribution in [0.3, 0.4) is 0 Å². The van der Waals surface area contributed by atoms with E-state index in [1.54, 1.807) is 18.2 Å². The first kappa shape index (κ1) is 20.8. The number of hydrogen-bond donors (Lipinski definition) is 3. The predicted molar refractivity (Wildman–Crippen MR) is 100 cm³/mol. The highest BCUT2D eigenvalue weighted by Crippen LogP contribution is 2.29. The number of alkyl halides is 3. The monoisotopic (exact) mass is 420 g/mol. The second-order valence-corrected chi connectivity index (χ2v) is 6.27. The van der Waals surface area contributed by atoms with Crippen LogP contribution in [-0.4, -0.2) is 27.0 Å². The Morgan fingerprint density at radius 3 is 2.27 bits per heavy atom. The van der Waals surface area contributed by atoms with Crippen LogP contribution in [0, 0.1) is 0 Å². The van der Waals surface area contributed by atoms with Gasteiger partial charge < -0.3 is 10.4 Å². The van der Waals surface area contributed by atoms with Gasteiger partial charge >= 0.3 is 12.3 Å². The van der Waals surface area contributed by atoms with Crippen molar-refractivity contribution in [3.05, 3.63) is 75.7 Å². The summed E-state index contributed by atoms with van der Waals surface area (Å²) in [7, 11) is 0. The SMILES string of the molecule is O=C(O)NCc1nn(NC(=O)Cc2ccc(C(F)(F)F)cc2)c(=O)c2ccccc12. The van der Waals surface area contributed by atoms with Gasteiger partial charge in [-0.3, -0.25) is 9.59 Å². The first-order valence-corrected chi connectivity index (χ1v) is 8.59. The van der Waals surface area contributed by atoms with Gasteiger partial charge in [-0.15, -0.1) is 4.79 Å². The van der Waals surface area contributed by atoms with Gasteiger partial charge in [-0.25, -0.2) is 10.2 Å². The van der Waals surface area contributed by atoms with Crippen LogP contribution in [-0.2, 0) is 23.9 Å². The quantitative estimate of drug-likeness (QED) is 0.587. The molecule has 2 aromatic carbocycles. The normalized spacial score (nSPS) is 11.3. The number of rotatable bonds is 5. The van der Waals surface area contributed by atoms with E-state index in [9.17, 15) is 27.6 Å². The number of amides is 2. The summed E-state index contributed by atoms with van der Waals surface area (Å²) in [6.07, 6.45) is -6.06. The highest BCUT2D eigenvalue weighted by atomic mass is 19.4. The number of benzene rings is 2. The predicted octanol–water partition coefficient (Wildman–Crippen LogP) is 2.50. The second kappa shape index (κ2) is 8.23. The molecule has 3 rings (SSSR count). The average Bonchev–Trinajstić information content (AvgIpc) is 2.69. The van der Waals surface area contributed by atoms with Crippen LogP contribution < -0.4 is 16.3 Å². The Labute approximate surface area is 166 Å². The fourth-order valence-corrected chi connectivity index (χ4v) is 2.78. The molecule has 0 saturated carbocycles. The molecule has 0 unspecified atom stereocenters. The molecule has 1 aromatic heterocycles. The number of hydrogen-bond acceptors (Lipinski definition) is 4. The zero-order valence-corrected chi connectivity index (χ0v) is 15.2. The van der Waals surface area contributed by atoms with Crippen LogP contribution >= 0.6 is 0 Å². The number of halogens is 3. The van der Waals surface area contributed by atoms with Gasteiger partial charge in [0, 0.05) is 5.39 Å². The van der Waals surface area contributed by atoms with E-state index < -0.39 is 29.3 Å². The minimum absolute atomic E-state index is 0.203. The molecule has 0 saturated heterocycles. The van der Waals surface area contributed by atoms with Gasteiger partial charge in [0.2, 0.25) is 5.91 Å². The Kier molecular flexibility index (Phi) is 5.72. The van der Waals surface area contributed by atoms with Crippen LogP contribution in [0.4, 0.5) is 18.0 Å². The molecule has 0 atom stereocenters. The molecular formula is C19H15F3N4O4. The van der Waals surface area contributed by atoms with E-state index in [1.165, 1.54) is 18.2 Å². The molecule has 3 N–H and O–H groups in total. The summed E-state index contributed by atoms with van der Waals surface area (Å²) in [6.45, 7) is -0.203. The maximum atomic E-state index is 12.6. The van der Waals surface area contributed by atoms with Crippen molar-refractivity contribution in [2.24, 2.45) is 0 Å². The molecule has 11 heteroatoms. The van der Waals surface area contributed by atoms with E-state index in [4.69, 9.17) is 5.11 Å². The number of fused-ring (bicyclic) bond motifs is 1. The number of nitrogens with one attached hydrogen (secondary N) is 2. The molecule has 3 aromatic rings. The molecule has 30 heavy (non-hydrogen) atoms. The van der Waals surface area contributed by atoms with Crippen LogP contribution in [0.2, 0.25) is 0 Å². The summed E-state index contributed by atoms with van der Waals surface area (Å²) in [5.41, 5.74) is 1.33. The minimum atomic E-state index is -4.48. The molecule has 1 heterocycles. The third-order valence-electron chi connectivity index (χ3n) is 4.17. The van der Waals surface area contributed by atoms with Gasteiger partial charge in [-0.1, -0.05) is 30.3 Å². The summed E-state index contributed by atoms with van der Waals surface area (Å²) in [5.74, 6) is -0.684. The lowest BCUT2D eigenvalue weighted by molar-refractivity contribution is -0.137. The molecule has 0 spiro atoms. The topological polar surface area (TPSA) is 113 Å². The van der Waals surface area contributed by atoms with E-state index in [1.807, 2.05) is 0 Å². The first-order chi connectivity index (χ1) is 14.1. The third kappa shape index (κ3) is 4.74. The molecule has 0 aliphatic rings. The van der Waals surface area contributed by atoms with Crippen molar-refractivity contribution in [1.29, 1.82) is 0 Å². The van der Waals surface area contributed by atoms with Gasteiger partial charge in [-0.2, -0.15) is 18.3 Å². The Morgan fingerprint density at radius 1 is 1.03 bits per heavy atom. The summed E-state index contributed by atoms with van der Waals surface area (Å²) in [5, 5.41) is 15.6. The average molecular weight is 420 g/mol. The van der Waals surface area contributed by atoms with Crippen molar-refractivity contribution < 1.29 is 27.9 Å². The van der Waals surface area contributed by atoms with E-state index >= 15 is 0 Å². The molecule has 156 valence electrons. The van der Waals surface area contributed by atoms with E-state index in [0.29, 0.717) is 15.7 Å². The van der Waals surface area contributed by atoms with Crippen LogP contribution in [0.1, 0.15) is 16.8 Å². The standard InChI is InChI=1S/C19H15F3N4O4/c20-19(21,22)12-7-5-11(6-8-12)9-16(27)25-26-17(28)14-4-2-1-3-13(14)15(24-26)10-23-18(29)30/h1-8,23H,9-10H2,(H,25,27)(H,29,30). The van der Waals surface area contributed by atoms with Crippen molar-refractivity contribution in [3.8, 4) is 0 Å². The Balaban J connectivity index is 1.84. The highest BCUT2D eigenvalue weighted by Gasteiger charge is 2.30. The highest BCUT2D eigenvalue weighted by molar-refractivity contribution is 5.87. The largest absolute Gasteiger partial charge is 0.465 e. The maximum Gasteiger partial charge on any atom is 0.416 e. The lowest BCUT2D eigenvalue weighted by Gasteiger charge is -2.12. The fraction of sp³-hybridized carbons (Fsp3) is 0.158. The second-order valence-electron chi connectivity index (χ2n) is 6.27. The molecule has 0 aliphatic carbocycles. The van der Waals surface area contributed by atoms with Gasteiger partial charge in [0.05, 0.1) is 29.6 Å². The summed E-state index contributed by atoms with van der Waals surface area (Å²) < 4.78 is 37.9. The van der Waals surface area contributed by atoms with E-state index in [-0.39, 0.29) is 24.0 Å². The zero-order chi connectivity index (χ0) is 21.9. The van der Waals surface area contributed by atoms with Gasteiger partial charge in [0.25, 0.3) is 5.56 Å². The van der Waals surface area contributed by atoms with Gasteiger partial charge in [0.15, 0.2) is 0 Å². The zero-order valence-electron chi connectivity index (χ0n) is 15.2. The number of carbonyl (C=O) groups excluding carboxylic acids is 1. The Bertz CT molecular complexity index is 1160. The number of carbonyl (C=O) groups is 2. The Hall–Kier alpha value is -3.89. The van der Waals surface area contributed by atoms with Gasteiger partial charge in [0.1, 0.15) is 0 Å². The number of carboxylic acid groups (broad SMARTS) is 1. The van der Waals surface area contributed by atoms with Crippen molar-refractivity contribution in [1.82, 2.24) is 15.2 Å². The number of aromatic nitrogens is 2. The molecule has 0 fully saturated rings. The molecule has 0 bridgehead atoms. The fourth-order valence-electron chi connectivity index (χ4n) is 2.78. The minimum Gasteiger partial charge on any atom is -0.465 e. The van der Waals surface area contributed by atoms with Crippen molar-refractivity contribution in [2.45, 2.75) is 19.1 Å². The molecule has 2 amide bonds. The van der Waals surface area contributed by atoms with Crippen LogP contribution in [0.5, 0.6) is 0 Å². The first-order valence-electron chi connectivity index (χ1n) is 8.59. The van der Waals surface area contributed by atoms with Crippen LogP contribution in [0.25, 0.3) is 10.8 Å². The van der Waals surface area contributed by atoms with E-state index in [2.05, 4.69) is 15.8 Å². The molecule has 0 radical (unpaired) electrons. The lowest BCUT2D eigenvalue weighted by atomic mass is 10.1. The summed E-state index contributed by atoms with van der Waals surface area (Å²) in [6, 6.07) is 10.4. The molecular weight excluding hydrogens is 405 g/mol. The lowest BCUT2D eigenvalue weighted by Crippen LogP contribution is -2.37. The smallest absolute Gasteiger partial charge is 0.416 e. The van der Waals surface area contributed by atoms with Crippen molar-refractivity contribution >= 4 is 22.8 Å². The van der Waals surface area contributed by atoms with Gasteiger partial charge in [-0.05, 0) is 23.8 Å². The Morgan fingerprint density at radius 2 is 1.67 bits per heavy atom.